The highest BCUT2D eigenvalue weighted by molar-refractivity contribution is 7.89. The Hall–Kier alpha value is 0.120. The number of methoxy groups -OCH3 is 1. The van der Waals surface area contributed by atoms with E-state index in [0.29, 0.717) is 19.0 Å². The van der Waals surface area contributed by atoms with Gasteiger partial charge in [0.25, 0.3) is 0 Å². The molecule has 0 saturated carbocycles. The molecule has 1 fully saturated rings. The summed E-state index contributed by atoms with van der Waals surface area (Å²) in [6.07, 6.45) is 1.90. The second-order valence-corrected chi connectivity index (χ2v) is 6.30. The first-order chi connectivity index (χ1) is 7.60. The van der Waals surface area contributed by atoms with Crippen LogP contribution in [0.3, 0.4) is 0 Å². The van der Waals surface area contributed by atoms with E-state index in [0.717, 1.165) is 19.4 Å². The van der Waals surface area contributed by atoms with Crippen molar-refractivity contribution in [1.29, 1.82) is 0 Å². The van der Waals surface area contributed by atoms with Gasteiger partial charge in [-0.15, -0.1) is 12.4 Å². The summed E-state index contributed by atoms with van der Waals surface area (Å²) in [5.74, 6) is 0.707. The number of piperidine rings is 1. The van der Waals surface area contributed by atoms with E-state index in [1.807, 2.05) is 7.05 Å². The van der Waals surface area contributed by atoms with Gasteiger partial charge in [-0.05, 0) is 32.4 Å². The molecule has 0 aromatic rings. The first-order valence-electron chi connectivity index (χ1n) is 5.71. The molecule has 1 aliphatic heterocycles. The summed E-state index contributed by atoms with van der Waals surface area (Å²) in [6, 6.07) is 0. The standard InChI is InChI=1S/C10H22N2O3S.ClH/c1-11-9-10-3-5-12(6-4-10)16(13,14)8-7-15-2;/h10-11H,3-9H2,1-2H3;1H. The van der Waals surface area contributed by atoms with Gasteiger partial charge in [-0.2, -0.15) is 0 Å². The highest BCUT2D eigenvalue weighted by Crippen LogP contribution is 2.19. The Morgan fingerprint density at radius 2 is 1.94 bits per heavy atom. The molecule has 7 heteroatoms. The minimum atomic E-state index is -3.10. The van der Waals surface area contributed by atoms with Gasteiger partial charge in [0, 0.05) is 20.2 Å². The molecule has 0 atom stereocenters. The quantitative estimate of drug-likeness (QED) is 0.764. The lowest BCUT2D eigenvalue weighted by Gasteiger charge is -2.31. The molecule has 5 nitrogen and oxygen atoms in total. The van der Waals surface area contributed by atoms with Crippen LogP contribution in [0.25, 0.3) is 0 Å². The number of nitrogens with one attached hydrogen (secondary N) is 1. The molecule has 104 valence electrons. The maximum atomic E-state index is 11.8. The topological polar surface area (TPSA) is 58.6 Å². The smallest absolute Gasteiger partial charge is 0.216 e. The molecule has 0 aromatic heterocycles. The molecule has 0 aliphatic carbocycles. The third kappa shape index (κ3) is 5.52. The minimum Gasteiger partial charge on any atom is -0.384 e. The van der Waals surface area contributed by atoms with Gasteiger partial charge in [-0.1, -0.05) is 0 Å². The van der Waals surface area contributed by atoms with Crippen LogP contribution in [0.5, 0.6) is 0 Å². The monoisotopic (exact) mass is 286 g/mol. The second kappa shape index (κ2) is 8.26. The summed E-state index contributed by atoms with van der Waals surface area (Å²) in [5, 5.41) is 3.14. The van der Waals surface area contributed by atoms with Crippen molar-refractivity contribution in [2.75, 3.05) is 46.2 Å². The molecular formula is C10H23ClN2O3S. The summed E-state index contributed by atoms with van der Waals surface area (Å²) in [5.41, 5.74) is 0. The maximum Gasteiger partial charge on any atom is 0.216 e. The molecule has 1 heterocycles. The predicted octanol–water partition coefficient (Wildman–Crippen LogP) is 0.316. The number of ether oxygens (including phenoxy) is 1. The Balaban J connectivity index is 0.00000256. The van der Waals surface area contributed by atoms with Crippen LogP contribution in [0.4, 0.5) is 0 Å². The Morgan fingerprint density at radius 1 is 1.35 bits per heavy atom. The van der Waals surface area contributed by atoms with Gasteiger partial charge in [0.1, 0.15) is 0 Å². The fourth-order valence-electron chi connectivity index (χ4n) is 2.00. The zero-order valence-electron chi connectivity index (χ0n) is 10.5. The number of hydrogen-bond acceptors (Lipinski definition) is 4. The van der Waals surface area contributed by atoms with Gasteiger partial charge in [-0.25, -0.2) is 12.7 Å². The van der Waals surface area contributed by atoms with E-state index in [2.05, 4.69) is 5.32 Å². The Bertz CT molecular complexity index is 290. The summed E-state index contributed by atoms with van der Waals surface area (Å²) < 4.78 is 30.1. The van der Waals surface area contributed by atoms with Gasteiger partial charge < -0.3 is 10.1 Å². The van der Waals surface area contributed by atoms with E-state index in [4.69, 9.17) is 4.74 Å². The van der Waals surface area contributed by atoms with Crippen LogP contribution >= 0.6 is 12.4 Å². The van der Waals surface area contributed by atoms with Crippen molar-refractivity contribution in [3.05, 3.63) is 0 Å². The molecular weight excluding hydrogens is 264 g/mol. The minimum absolute atomic E-state index is 0. The van der Waals surface area contributed by atoms with Crippen LogP contribution in [0.2, 0.25) is 0 Å². The van der Waals surface area contributed by atoms with Crippen molar-refractivity contribution in [1.82, 2.24) is 9.62 Å². The zero-order valence-corrected chi connectivity index (χ0v) is 12.1. The summed E-state index contributed by atoms with van der Waals surface area (Å²) >= 11 is 0. The van der Waals surface area contributed by atoms with Gasteiger partial charge in [-0.3, -0.25) is 0 Å². The Labute approximate surface area is 110 Å². The van der Waals surface area contributed by atoms with E-state index < -0.39 is 10.0 Å². The molecule has 0 radical (unpaired) electrons. The Kier molecular flexibility index (Phi) is 8.32. The normalized spacial score (nSPS) is 18.9. The number of sulfonamides is 1. The third-order valence-electron chi connectivity index (χ3n) is 3.01. The lowest BCUT2D eigenvalue weighted by Crippen LogP contribution is -2.42. The van der Waals surface area contributed by atoms with E-state index in [1.165, 1.54) is 7.11 Å². The SMILES string of the molecule is CNCC1CCN(S(=O)(=O)CCOC)CC1.Cl. The van der Waals surface area contributed by atoms with Gasteiger partial charge >= 0.3 is 0 Å². The predicted molar refractivity (Wildman–Crippen MR) is 71.1 cm³/mol. The van der Waals surface area contributed by atoms with Crippen molar-refractivity contribution >= 4 is 22.4 Å². The molecule has 17 heavy (non-hydrogen) atoms. The maximum absolute atomic E-state index is 11.8. The first-order valence-corrected chi connectivity index (χ1v) is 7.32. The third-order valence-corrected chi connectivity index (χ3v) is 4.84. The summed E-state index contributed by atoms with van der Waals surface area (Å²) in [4.78, 5) is 0. The van der Waals surface area contributed by atoms with Crippen molar-refractivity contribution < 1.29 is 13.2 Å². The average molecular weight is 287 g/mol. The van der Waals surface area contributed by atoms with Crippen LogP contribution < -0.4 is 5.32 Å². The highest BCUT2D eigenvalue weighted by atomic mass is 35.5. The number of hydrogen-bond donors (Lipinski definition) is 1. The number of nitrogens with zero attached hydrogens (tertiary/aromatic N) is 1. The van der Waals surface area contributed by atoms with E-state index in [9.17, 15) is 8.42 Å². The fraction of sp³-hybridized carbons (Fsp3) is 1.00. The summed E-state index contributed by atoms with van der Waals surface area (Å²) in [6.45, 7) is 2.56. The van der Waals surface area contributed by atoms with E-state index >= 15 is 0 Å². The van der Waals surface area contributed by atoms with Crippen LogP contribution in [0, 0.1) is 5.92 Å². The lowest BCUT2D eigenvalue weighted by molar-refractivity contribution is 0.213. The van der Waals surface area contributed by atoms with Gasteiger partial charge in [0.05, 0.1) is 12.4 Å². The largest absolute Gasteiger partial charge is 0.384 e. The number of halogens is 1. The molecule has 1 aliphatic rings. The van der Waals surface area contributed by atoms with E-state index in [1.54, 1.807) is 4.31 Å². The van der Waals surface area contributed by atoms with Crippen LogP contribution in [0.1, 0.15) is 12.8 Å². The molecule has 1 saturated heterocycles. The molecule has 1 rings (SSSR count). The van der Waals surface area contributed by atoms with E-state index in [-0.39, 0.29) is 24.8 Å². The molecule has 0 bridgehead atoms. The molecule has 1 N–H and O–H groups in total. The second-order valence-electron chi connectivity index (χ2n) is 4.21. The van der Waals surface area contributed by atoms with Crippen LogP contribution in [0.15, 0.2) is 0 Å². The van der Waals surface area contributed by atoms with Crippen molar-refractivity contribution in [3.8, 4) is 0 Å². The fourth-order valence-corrected chi connectivity index (χ4v) is 3.40. The van der Waals surface area contributed by atoms with Gasteiger partial charge in [0.15, 0.2) is 0 Å². The number of rotatable bonds is 6. The molecule has 0 aromatic carbocycles. The zero-order chi connectivity index (χ0) is 12.0. The molecule has 0 unspecified atom stereocenters. The van der Waals surface area contributed by atoms with Crippen molar-refractivity contribution in [3.63, 3.8) is 0 Å². The molecule has 0 spiro atoms. The first kappa shape index (κ1) is 17.1. The van der Waals surface area contributed by atoms with Crippen LogP contribution in [-0.2, 0) is 14.8 Å². The Morgan fingerprint density at radius 3 is 2.41 bits per heavy atom. The van der Waals surface area contributed by atoms with Crippen molar-refractivity contribution in [2.45, 2.75) is 12.8 Å². The highest BCUT2D eigenvalue weighted by Gasteiger charge is 2.27. The van der Waals surface area contributed by atoms with Gasteiger partial charge in [0.2, 0.25) is 10.0 Å². The average Bonchev–Trinajstić information content (AvgIpc) is 2.28. The van der Waals surface area contributed by atoms with Crippen molar-refractivity contribution in [2.24, 2.45) is 5.92 Å². The summed E-state index contributed by atoms with van der Waals surface area (Å²) in [7, 11) is 0.359. The van der Waals surface area contributed by atoms with Crippen LogP contribution in [-0.4, -0.2) is 58.9 Å². The molecule has 0 amide bonds. The lowest BCUT2D eigenvalue weighted by atomic mass is 9.98.